The van der Waals surface area contributed by atoms with Crippen LogP contribution in [-0.2, 0) is 11.3 Å². The maximum atomic E-state index is 12.2. The lowest BCUT2D eigenvalue weighted by atomic mass is 10.0. The summed E-state index contributed by atoms with van der Waals surface area (Å²) < 4.78 is 5.34. The number of nitrogens with two attached hydrogens (primary N) is 1. The van der Waals surface area contributed by atoms with Crippen LogP contribution in [-0.4, -0.2) is 63.4 Å². The van der Waals surface area contributed by atoms with Gasteiger partial charge >= 0.3 is 6.09 Å². The third kappa shape index (κ3) is 8.17. The van der Waals surface area contributed by atoms with E-state index in [9.17, 15) is 4.79 Å². The summed E-state index contributed by atoms with van der Waals surface area (Å²) in [5.74, 6) is 0. The second kappa shape index (κ2) is 14.2. The zero-order valence-electron chi connectivity index (χ0n) is 21.3. The third-order valence-electron chi connectivity index (χ3n) is 5.80. The molecule has 2 N–H and O–H groups in total. The average Bonchev–Trinajstić information content (AvgIpc) is 3.71. The van der Waals surface area contributed by atoms with E-state index in [2.05, 4.69) is 27.5 Å². The fourth-order valence-corrected chi connectivity index (χ4v) is 4.05. The zero-order valence-corrected chi connectivity index (χ0v) is 22.2. The summed E-state index contributed by atoms with van der Waals surface area (Å²) in [6.07, 6.45) is 9.59. The summed E-state index contributed by atoms with van der Waals surface area (Å²) in [7, 11) is 0. The monoisotopic (exact) mass is 487 g/mol. The van der Waals surface area contributed by atoms with Crippen molar-refractivity contribution in [3.05, 3.63) is 42.4 Å². The van der Waals surface area contributed by atoms with Crippen LogP contribution in [0, 0.1) is 0 Å². The van der Waals surface area contributed by atoms with Gasteiger partial charge in [-0.15, -0.1) is 0 Å². The van der Waals surface area contributed by atoms with Gasteiger partial charge in [-0.05, 0) is 57.9 Å². The lowest BCUT2D eigenvalue weighted by molar-refractivity contribution is 0.0515. The van der Waals surface area contributed by atoms with E-state index in [-0.39, 0.29) is 12.2 Å². The Labute approximate surface area is 210 Å². The number of thiol groups is 1. The highest BCUT2D eigenvalue weighted by Crippen LogP contribution is 2.33. The van der Waals surface area contributed by atoms with Gasteiger partial charge in [0, 0.05) is 43.0 Å². The highest BCUT2D eigenvalue weighted by atomic mass is 32.1. The highest BCUT2D eigenvalue weighted by Gasteiger charge is 2.36. The number of piperidine rings is 1. The van der Waals surface area contributed by atoms with Gasteiger partial charge in [-0.25, -0.2) is 4.79 Å². The zero-order chi connectivity index (χ0) is 25.1. The molecule has 0 radical (unpaired) electrons. The van der Waals surface area contributed by atoms with E-state index in [1.165, 1.54) is 12.8 Å². The number of hydrogen-bond donors (Lipinski definition) is 2. The van der Waals surface area contributed by atoms with Gasteiger partial charge in [0.1, 0.15) is 0 Å². The number of ether oxygens (including phenoxy) is 1. The van der Waals surface area contributed by atoms with Gasteiger partial charge in [0.15, 0.2) is 0 Å². The molecule has 1 aliphatic carbocycles. The number of benzene rings is 1. The fraction of sp³-hybridized carbons (Fsp3) is 0.577. The van der Waals surface area contributed by atoms with Gasteiger partial charge in [0.05, 0.1) is 29.9 Å². The minimum absolute atomic E-state index is 0.0759. The molecule has 1 amide bonds. The third-order valence-corrected chi connectivity index (χ3v) is 5.80. The van der Waals surface area contributed by atoms with Crippen molar-refractivity contribution in [2.24, 2.45) is 0 Å². The molecule has 8 heteroatoms. The molecule has 188 valence electrons. The Morgan fingerprint density at radius 2 is 1.65 bits per heavy atom. The normalized spacial score (nSPS) is 15.8. The smallest absolute Gasteiger partial charge is 0.410 e. The minimum Gasteiger partial charge on any atom is -0.447 e. The molecule has 2 heterocycles. The van der Waals surface area contributed by atoms with E-state index in [1.807, 2.05) is 69.3 Å². The van der Waals surface area contributed by atoms with Crippen molar-refractivity contribution in [3.8, 4) is 11.3 Å². The Bertz CT molecular complexity index is 848. The van der Waals surface area contributed by atoms with E-state index in [0.717, 1.165) is 55.1 Å². The maximum absolute atomic E-state index is 12.2. The van der Waals surface area contributed by atoms with Crippen LogP contribution in [0.15, 0.2) is 36.7 Å². The molecule has 0 unspecified atom stereocenters. The van der Waals surface area contributed by atoms with Gasteiger partial charge in [-0.1, -0.05) is 26.0 Å². The van der Waals surface area contributed by atoms with Gasteiger partial charge in [-0.3, -0.25) is 14.9 Å². The lowest BCUT2D eigenvalue weighted by Crippen LogP contribution is -2.47. The molecule has 2 aliphatic rings. The molecule has 1 aliphatic heterocycles. The van der Waals surface area contributed by atoms with Crippen LogP contribution >= 0.6 is 12.6 Å². The number of aromatic nitrogens is 2. The Balaban J connectivity index is 0.000000970. The van der Waals surface area contributed by atoms with Crippen molar-refractivity contribution >= 4 is 24.4 Å². The lowest BCUT2D eigenvalue weighted by Gasteiger charge is -2.38. The summed E-state index contributed by atoms with van der Waals surface area (Å²) in [5.41, 5.74) is 9.37. The Morgan fingerprint density at radius 3 is 2.15 bits per heavy atom. The molecule has 1 aromatic heterocycles. The number of nitrogen functional groups attached to an aromatic ring is 1. The van der Waals surface area contributed by atoms with Gasteiger partial charge in [-0.2, -0.15) is 12.6 Å². The van der Waals surface area contributed by atoms with E-state index in [4.69, 9.17) is 10.5 Å². The van der Waals surface area contributed by atoms with Crippen molar-refractivity contribution in [1.82, 2.24) is 19.8 Å². The summed E-state index contributed by atoms with van der Waals surface area (Å²) in [6, 6.07) is 8.79. The molecule has 1 saturated carbocycles. The van der Waals surface area contributed by atoms with Crippen molar-refractivity contribution < 1.29 is 9.53 Å². The van der Waals surface area contributed by atoms with Crippen LogP contribution in [0.1, 0.15) is 59.1 Å². The van der Waals surface area contributed by atoms with Crippen molar-refractivity contribution in [2.45, 2.75) is 78.1 Å². The average molecular weight is 488 g/mol. The summed E-state index contributed by atoms with van der Waals surface area (Å²) in [5, 5.41) is 0. The van der Waals surface area contributed by atoms with Crippen LogP contribution in [0.4, 0.5) is 10.5 Å². The molecule has 7 nitrogen and oxygen atoms in total. The number of carbonyl (C=O) groups is 1. The van der Waals surface area contributed by atoms with Crippen LogP contribution < -0.4 is 5.73 Å². The summed E-state index contributed by atoms with van der Waals surface area (Å²) >= 11 is 3.53. The van der Waals surface area contributed by atoms with Crippen molar-refractivity contribution in [2.75, 3.05) is 25.1 Å². The molecular weight excluding hydrogens is 446 g/mol. The van der Waals surface area contributed by atoms with Crippen LogP contribution in [0.5, 0.6) is 0 Å². The van der Waals surface area contributed by atoms with Crippen molar-refractivity contribution in [3.63, 3.8) is 0 Å². The first-order valence-electron chi connectivity index (χ1n) is 12.3. The number of amides is 1. The summed E-state index contributed by atoms with van der Waals surface area (Å²) in [4.78, 5) is 25.9. The quantitative estimate of drug-likeness (QED) is 0.426. The van der Waals surface area contributed by atoms with Crippen LogP contribution in [0.2, 0.25) is 0 Å². The van der Waals surface area contributed by atoms with E-state index in [1.54, 1.807) is 6.26 Å². The van der Waals surface area contributed by atoms with E-state index in [0.29, 0.717) is 12.1 Å². The molecule has 34 heavy (non-hydrogen) atoms. The van der Waals surface area contributed by atoms with Gasteiger partial charge < -0.3 is 15.4 Å². The fourth-order valence-electron chi connectivity index (χ4n) is 4.05. The van der Waals surface area contributed by atoms with Crippen molar-refractivity contribution in [1.29, 1.82) is 0 Å². The first-order valence-corrected chi connectivity index (χ1v) is 13.2. The topological polar surface area (TPSA) is 84.6 Å². The number of rotatable bonds is 6. The molecule has 1 aromatic carbocycles. The van der Waals surface area contributed by atoms with Gasteiger partial charge in [0.25, 0.3) is 0 Å². The summed E-state index contributed by atoms with van der Waals surface area (Å²) in [6.45, 7) is 10.1. The van der Waals surface area contributed by atoms with Gasteiger partial charge in [0.2, 0.25) is 0 Å². The van der Waals surface area contributed by atoms with E-state index >= 15 is 0 Å². The van der Waals surface area contributed by atoms with Crippen LogP contribution in [0.25, 0.3) is 11.3 Å². The molecule has 0 bridgehead atoms. The number of anilines is 1. The Morgan fingerprint density at radius 1 is 1.06 bits per heavy atom. The molecule has 0 spiro atoms. The minimum atomic E-state index is -0.189. The first kappa shape index (κ1) is 27.9. The SMILES string of the molecule is CC.CC(C)OC(=O)N1CCC(N(Cc2cnc(-c3ccc(N)cc3)cn2)C2CC2)CC1.CS. The molecule has 0 atom stereocenters. The number of likely N-dealkylation sites (tertiary alicyclic amines) is 1. The standard InChI is InChI=1S/C23H31N5O2.C2H6.CH4S/c1-16(2)30-23(29)27-11-9-21(10-12-27)28(20-7-8-20)15-19-13-26-22(14-25-19)17-3-5-18(24)6-4-17;2*1-2/h3-6,13-14,16,20-21H,7-12,15,24H2,1-2H3;1-2H3;2H,1H3. The number of carbonyl (C=O) groups excluding carboxylic acids is 1. The largest absolute Gasteiger partial charge is 0.447 e. The maximum Gasteiger partial charge on any atom is 0.410 e. The highest BCUT2D eigenvalue weighted by molar-refractivity contribution is 7.79. The van der Waals surface area contributed by atoms with Crippen LogP contribution in [0.3, 0.4) is 0 Å². The number of hydrogen-bond acceptors (Lipinski definition) is 7. The second-order valence-corrected chi connectivity index (χ2v) is 8.57. The molecular formula is C26H41N5O2S. The molecule has 1 saturated heterocycles. The predicted octanol–water partition coefficient (Wildman–Crippen LogP) is 5.27. The molecule has 2 aromatic rings. The molecule has 2 fully saturated rings. The van der Waals surface area contributed by atoms with E-state index < -0.39 is 0 Å². The molecule has 4 rings (SSSR count). The number of nitrogens with zero attached hydrogens (tertiary/aromatic N) is 4. The Hall–Kier alpha value is -2.32. The Kier molecular flexibility index (Phi) is 11.6. The second-order valence-electron chi connectivity index (χ2n) is 8.57. The predicted molar refractivity (Wildman–Crippen MR) is 143 cm³/mol. The first-order chi connectivity index (χ1) is 16.5.